The number of hydrogen-bond acceptors (Lipinski definition) is 0. The minimum atomic E-state index is -2.08. The second-order valence-electron chi connectivity index (χ2n) is 3.92. The van der Waals surface area contributed by atoms with E-state index < -0.39 is 6.21 Å². The maximum absolute atomic E-state index is 6.42. The Hall–Kier alpha value is 0.494. The van der Waals surface area contributed by atoms with Gasteiger partial charge >= 0.3 is 0 Å². The van der Waals surface area contributed by atoms with Gasteiger partial charge in [0.05, 0.1) is 9.04 Å². The van der Waals surface area contributed by atoms with Crippen LogP contribution in [0.2, 0.25) is 12.1 Å². The molecule has 0 saturated carbocycles. The fourth-order valence-corrected chi connectivity index (χ4v) is 7.73. The van der Waals surface area contributed by atoms with Crippen molar-refractivity contribution in [3.63, 3.8) is 0 Å². The standard InChI is InChI=1S/C9H14Cl2Si2/c1-9(2)7-5-4-6-8(9)13(10,11)12-3/h4-8H,1-3H3. The van der Waals surface area contributed by atoms with Crippen molar-refractivity contribution in [3.05, 3.63) is 24.3 Å². The molecule has 0 aromatic rings. The molecule has 0 aromatic carbocycles. The molecule has 4 heteroatoms. The van der Waals surface area contributed by atoms with Gasteiger partial charge < -0.3 is 0 Å². The summed E-state index contributed by atoms with van der Waals surface area (Å²) >= 11 is 12.8. The van der Waals surface area contributed by atoms with Crippen molar-refractivity contribution >= 4 is 37.4 Å². The molecule has 1 rings (SSSR count). The Kier molecular flexibility index (Phi) is 3.50. The van der Waals surface area contributed by atoms with E-state index in [0.717, 1.165) is 0 Å². The smallest absolute Gasteiger partial charge is 0.150 e. The van der Waals surface area contributed by atoms with Gasteiger partial charge in [0.25, 0.3) is 0 Å². The fourth-order valence-electron chi connectivity index (χ4n) is 1.57. The molecule has 1 unspecified atom stereocenters. The molecule has 0 aliphatic heterocycles. The molecule has 13 heavy (non-hydrogen) atoms. The van der Waals surface area contributed by atoms with Gasteiger partial charge in [0.1, 0.15) is 0 Å². The van der Waals surface area contributed by atoms with Crippen LogP contribution in [-0.2, 0) is 0 Å². The van der Waals surface area contributed by atoms with Crippen LogP contribution >= 0.6 is 22.2 Å². The lowest BCUT2D eigenvalue weighted by molar-refractivity contribution is 0.480. The summed E-state index contributed by atoms with van der Waals surface area (Å²) in [6.07, 6.45) is 6.43. The molecule has 1 aliphatic carbocycles. The van der Waals surface area contributed by atoms with E-state index in [1.807, 2.05) is 0 Å². The van der Waals surface area contributed by atoms with Gasteiger partial charge in [-0.3, -0.25) is 0 Å². The first-order chi connectivity index (χ1) is 5.90. The molecule has 0 spiro atoms. The summed E-state index contributed by atoms with van der Waals surface area (Å²) in [6.45, 7) is 6.50. The second-order valence-corrected chi connectivity index (χ2v) is 16.2. The summed E-state index contributed by atoms with van der Waals surface area (Å²) in [5.74, 6) is 0. The molecule has 0 nitrogen and oxygen atoms in total. The highest BCUT2D eigenvalue weighted by molar-refractivity contribution is 7.67. The Balaban J connectivity index is 2.92. The fraction of sp³-hybridized carbons (Fsp3) is 0.556. The van der Waals surface area contributed by atoms with Gasteiger partial charge in [-0.05, 0) is 5.41 Å². The summed E-state index contributed by atoms with van der Waals surface area (Å²) in [6, 6.07) is 0. The van der Waals surface area contributed by atoms with Gasteiger partial charge in [-0.25, -0.2) is 0 Å². The summed E-state index contributed by atoms with van der Waals surface area (Å²) < 4.78 is 0. The van der Waals surface area contributed by atoms with Crippen LogP contribution in [0.4, 0.5) is 0 Å². The van der Waals surface area contributed by atoms with Crippen molar-refractivity contribution in [1.29, 1.82) is 0 Å². The summed E-state index contributed by atoms with van der Waals surface area (Å²) in [7, 11) is 0.667. The molecular weight excluding hydrogens is 235 g/mol. The third kappa shape index (κ3) is 2.49. The van der Waals surface area contributed by atoms with Gasteiger partial charge in [-0.2, -0.15) is 0 Å². The molecule has 0 aromatic heterocycles. The molecule has 0 amide bonds. The highest BCUT2D eigenvalue weighted by Gasteiger charge is 2.43. The van der Waals surface area contributed by atoms with E-state index in [-0.39, 0.29) is 5.41 Å². The molecule has 0 heterocycles. The quantitative estimate of drug-likeness (QED) is 0.517. The van der Waals surface area contributed by atoms with Crippen molar-refractivity contribution in [1.82, 2.24) is 0 Å². The zero-order valence-corrected chi connectivity index (χ0v) is 11.7. The van der Waals surface area contributed by atoms with Crippen LogP contribution in [-0.4, -0.2) is 15.2 Å². The molecular formula is C9H14Cl2Si2. The van der Waals surface area contributed by atoms with Gasteiger partial charge in [-0.1, -0.05) is 44.7 Å². The SMILES string of the molecule is C[Si][Si](Cl)(Cl)C1C=CC=CC1(C)C. The Morgan fingerprint density at radius 3 is 2.38 bits per heavy atom. The average Bonchev–Trinajstić information content (AvgIpc) is 2.03. The van der Waals surface area contributed by atoms with Crippen molar-refractivity contribution < 1.29 is 0 Å². The molecule has 0 N–H and O–H groups in total. The van der Waals surface area contributed by atoms with Crippen LogP contribution < -0.4 is 0 Å². The first kappa shape index (κ1) is 11.6. The lowest BCUT2D eigenvalue weighted by atomic mass is 9.85. The van der Waals surface area contributed by atoms with Gasteiger partial charge in [0.2, 0.25) is 6.21 Å². The Morgan fingerprint density at radius 1 is 1.31 bits per heavy atom. The van der Waals surface area contributed by atoms with E-state index in [1.165, 1.54) is 0 Å². The van der Waals surface area contributed by atoms with Crippen LogP contribution in [0, 0.1) is 5.41 Å². The van der Waals surface area contributed by atoms with Crippen molar-refractivity contribution in [2.45, 2.75) is 25.9 Å². The topological polar surface area (TPSA) is 0 Å². The lowest BCUT2D eigenvalue weighted by Crippen LogP contribution is -2.40. The molecule has 0 fully saturated rings. The molecule has 72 valence electrons. The van der Waals surface area contributed by atoms with E-state index in [1.54, 1.807) is 0 Å². The normalized spacial score (nSPS) is 26.4. The first-order valence-electron chi connectivity index (χ1n) is 4.33. The summed E-state index contributed by atoms with van der Waals surface area (Å²) in [5, 5.41) is 0. The molecule has 1 atom stereocenters. The molecule has 1 aliphatic rings. The first-order valence-corrected chi connectivity index (χ1v) is 10.9. The van der Waals surface area contributed by atoms with Crippen LogP contribution in [0.3, 0.4) is 0 Å². The van der Waals surface area contributed by atoms with Crippen molar-refractivity contribution in [2.24, 2.45) is 5.41 Å². The summed E-state index contributed by atoms with van der Waals surface area (Å²) in [5.41, 5.74) is 0.463. The van der Waals surface area contributed by atoms with Crippen LogP contribution in [0.25, 0.3) is 0 Å². The van der Waals surface area contributed by atoms with E-state index in [0.29, 0.717) is 14.6 Å². The summed E-state index contributed by atoms with van der Waals surface area (Å²) in [4.78, 5) is 0. The van der Waals surface area contributed by atoms with E-state index >= 15 is 0 Å². The Labute approximate surface area is 93.0 Å². The number of allylic oxidation sites excluding steroid dienone is 4. The van der Waals surface area contributed by atoms with Gasteiger partial charge in [-0.15, -0.1) is 22.2 Å². The maximum Gasteiger partial charge on any atom is 0.240 e. The van der Waals surface area contributed by atoms with E-state index in [9.17, 15) is 0 Å². The predicted octanol–water partition coefficient (Wildman–Crippen LogP) is 3.68. The zero-order valence-electron chi connectivity index (χ0n) is 8.14. The van der Waals surface area contributed by atoms with Crippen LogP contribution in [0.5, 0.6) is 0 Å². The Morgan fingerprint density at radius 2 is 1.92 bits per heavy atom. The highest BCUT2D eigenvalue weighted by atomic mass is 35.7. The molecule has 0 saturated heterocycles. The van der Waals surface area contributed by atoms with Crippen LogP contribution in [0.15, 0.2) is 24.3 Å². The monoisotopic (exact) mass is 248 g/mol. The molecule has 0 bridgehead atoms. The Bertz CT molecular complexity index is 244. The number of halogens is 2. The third-order valence-corrected chi connectivity index (χ3v) is 12.6. The second kappa shape index (κ2) is 3.93. The minimum absolute atomic E-state index is 0.119. The van der Waals surface area contributed by atoms with E-state index in [4.69, 9.17) is 22.2 Å². The van der Waals surface area contributed by atoms with Gasteiger partial charge in [0, 0.05) is 5.54 Å². The lowest BCUT2D eigenvalue weighted by Gasteiger charge is -2.37. The van der Waals surface area contributed by atoms with Crippen molar-refractivity contribution in [2.75, 3.05) is 0 Å². The van der Waals surface area contributed by atoms with Crippen LogP contribution in [0.1, 0.15) is 13.8 Å². The molecule has 2 radical (unpaired) electrons. The predicted molar refractivity (Wildman–Crippen MR) is 64.9 cm³/mol. The number of rotatable bonds is 2. The third-order valence-electron chi connectivity index (χ3n) is 2.47. The maximum atomic E-state index is 6.42. The minimum Gasteiger partial charge on any atom is -0.150 e. The zero-order chi connectivity index (χ0) is 10.1. The highest BCUT2D eigenvalue weighted by Crippen LogP contribution is 2.46. The largest absolute Gasteiger partial charge is 0.240 e. The number of hydrogen-bond donors (Lipinski definition) is 0. The van der Waals surface area contributed by atoms with E-state index in [2.05, 4.69) is 44.7 Å². The van der Waals surface area contributed by atoms with Gasteiger partial charge in [0.15, 0.2) is 0 Å². The van der Waals surface area contributed by atoms with Crippen molar-refractivity contribution in [3.8, 4) is 0 Å². The average molecular weight is 249 g/mol.